The van der Waals surface area contributed by atoms with Crippen LogP contribution in [0.2, 0.25) is 0 Å². The number of imidazole rings is 1. The second-order valence-corrected chi connectivity index (χ2v) is 4.59. The molecule has 0 aliphatic heterocycles. The van der Waals surface area contributed by atoms with Gasteiger partial charge in [0.05, 0.1) is 19.3 Å². The summed E-state index contributed by atoms with van der Waals surface area (Å²) >= 11 is 0. The number of halogens is 3. The van der Waals surface area contributed by atoms with Crippen molar-refractivity contribution in [3.05, 3.63) is 47.0 Å². The number of rotatable bonds is 4. The largest absolute Gasteiger partial charge is 0.464 e. The molecule has 22 heavy (non-hydrogen) atoms. The van der Waals surface area contributed by atoms with Gasteiger partial charge in [-0.2, -0.15) is 0 Å². The summed E-state index contributed by atoms with van der Waals surface area (Å²) in [5.74, 6) is -4.88. The molecule has 1 heterocycles. The number of carbonyl (C=O) groups excluding carboxylic acids is 1. The van der Waals surface area contributed by atoms with E-state index in [1.54, 1.807) is 6.92 Å². The van der Waals surface area contributed by atoms with Gasteiger partial charge in [0, 0.05) is 0 Å². The molecule has 5 nitrogen and oxygen atoms in total. The predicted molar refractivity (Wildman–Crippen MR) is 72.7 cm³/mol. The summed E-state index contributed by atoms with van der Waals surface area (Å²) in [6, 6.07) is 1.04. The molecule has 0 amide bonds. The average Bonchev–Trinajstić information content (AvgIpc) is 2.87. The third-order valence-corrected chi connectivity index (χ3v) is 3.31. The molecule has 0 fully saturated rings. The molecule has 0 saturated carbocycles. The van der Waals surface area contributed by atoms with E-state index in [9.17, 15) is 18.0 Å². The first kappa shape index (κ1) is 15.9. The van der Waals surface area contributed by atoms with Gasteiger partial charge >= 0.3 is 5.97 Å². The molecule has 0 radical (unpaired) electrons. The van der Waals surface area contributed by atoms with Crippen molar-refractivity contribution in [2.75, 3.05) is 12.8 Å². The van der Waals surface area contributed by atoms with Gasteiger partial charge in [0.1, 0.15) is 5.69 Å². The second-order valence-electron chi connectivity index (χ2n) is 4.59. The molecule has 0 aliphatic rings. The molecule has 0 bridgehead atoms. The fourth-order valence-corrected chi connectivity index (χ4v) is 2.29. The number of ether oxygens (including phenoxy) is 1. The van der Waals surface area contributed by atoms with Crippen LogP contribution in [-0.4, -0.2) is 22.6 Å². The molecule has 1 aromatic heterocycles. The van der Waals surface area contributed by atoms with Crippen molar-refractivity contribution < 1.29 is 22.7 Å². The van der Waals surface area contributed by atoms with Crippen LogP contribution in [0.1, 0.15) is 35.4 Å². The highest BCUT2D eigenvalue weighted by molar-refractivity contribution is 5.88. The number of carbonyl (C=O) groups is 1. The molecule has 118 valence electrons. The Balaban J connectivity index is 2.59. The number of methoxy groups -OCH3 is 1. The van der Waals surface area contributed by atoms with Gasteiger partial charge in [-0.3, -0.25) is 4.57 Å². The molecule has 2 N–H and O–H groups in total. The van der Waals surface area contributed by atoms with Crippen molar-refractivity contribution in [2.24, 2.45) is 0 Å². The Kier molecular flexibility index (Phi) is 4.39. The summed E-state index contributed by atoms with van der Waals surface area (Å²) in [5, 5.41) is 0. The summed E-state index contributed by atoms with van der Waals surface area (Å²) in [7, 11) is 1.19. The van der Waals surface area contributed by atoms with Crippen LogP contribution in [-0.2, 0) is 4.74 Å². The first-order valence-corrected chi connectivity index (χ1v) is 6.46. The van der Waals surface area contributed by atoms with Crippen LogP contribution in [0.4, 0.5) is 19.1 Å². The Hall–Kier alpha value is -2.51. The Labute approximate surface area is 124 Å². The molecule has 0 spiro atoms. The van der Waals surface area contributed by atoms with E-state index in [0.29, 0.717) is 6.42 Å². The first-order valence-electron chi connectivity index (χ1n) is 6.46. The van der Waals surface area contributed by atoms with Gasteiger partial charge in [0.2, 0.25) is 5.95 Å². The second kappa shape index (κ2) is 6.08. The number of benzene rings is 1. The molecule has 8 heteroatoms. The zero-order valence-electron chi connectivity index (χ0n) is 11.9. The van der Waals surface area contributed by atoms with Crippen LogP contribution < -0.4 is 5.73 Å². The van der Waals surface area contributed by atoms with Crippen LogP contribution in [0.5, 0.6) is 0 Å². The minimum Gasteiger partial charge on any atom is -0.464 e. The van der Waals surface area contributed by atoms with Crippen molar-refractivity contribution in [3.8, 4) is 0 Å². The number of aromatic nitrogens is 2. The molecular weight excluding hydrogens is 299 g/mol. The first-order chi connectivity index (χ1) is 10.4. The lowest BCUT2D eigenvalue weighted by Crippen LogP contribution is -2.19. The maximum absolute atomic E-state index is 13.4. The van der Waals surface area contributed by atoms with Crippen LogP contribution in [0.3, 0.4) is 0 Å². The van der Waals surface area contributed by atoms with Crippen LogP contribution >= 0.6 is 0 Å². The average molecular weight is 313 g/mol. The molecule has 2 aromatic rings. The fourth-order valence-electron chi connectivity index (χ4n) is 2.29. The highest BCUT2D eigenvalue weighted by atomic mass is 19.2. The Morgan fingerprint density at radius 2 is 1.95 bits per heavy atom. The highest BCUT2D eigenvalue weighted by Crippen LogP contribution is 2.29. The smallest absolute Gasteiger partial charge is 0.356 e. The highest BCUT2D eigenvalue weighted by Gasteiger charge is 2.24. The maximum atomic E-state index is 13.4. The number of nitrogen functional groups attached to an aromatic ring is 1. The van der Waals surface area contributed by atoms with E-state index >= 15 is 0 Å². The van der Waals surface area contributed by atoms with Crippen LogP contribution in [0.15, 0.2) is 18.3 Å². The van der Waals surface area contributed by atoms with Crippen molar-refractivity contribution in [2.45, 2.75) is 19.4 Å². The van der Waals surface area contributed by atoms with E-state index in [0.717, 1.165) is 12.1 Å². The van der Waals surface area contributed by atoms with Gasteiger partial charge in [-0.25, -0.2) is 22.9 Å². The summed E-state index contributed by atoms with van der Waals surface area (Å²) in [6.45, 7) is 1.73. The summed E-state index contributed by atoms with van der Waals surface area (Å²) < 4.78 is 45.9. The third-order valence-electron chi connectivity index (χ3n) is 3.31. The van der Waals surface area contributed by atoms with Crippen LogP contribution in [0.25, 0.3) is 0 Å². The van der Waals surface area contributed by atoms with E-state index in [4.69, 9.17) is 5.73 Å². The van der Waals surface area contributed by atoms with E-state index in [-0.39, 0.29) is 17.2 Å². The monoisotopic (exact) mass is 313 g/mol. The van der Waals surface area contributed by atoms with Crippen molar-refractivity contribution in [3.63, 3.8) is 0 Å². The summed E-state index contributed by atoms with van der Waals surface area (Å²) in [4.78, 5) is 15.6. The lowest BCUT2D eigenvalue weighted by Gasteiger charge is -2.21. The van der Waals surface area contributed by atoms with Gasteiger partial charge in [0.15, 0.2) is 17.5 Å². The quantitative estimate of drug-likeness (QED) is 0.696. The Bertz CT molecular complexity index is 692. The number of nitrogens with two attached hydrogens (primary N) is 1. The normalized spacial score (nSPS) is 12.2. The predicted octanol–water partition coefficient (Wildman–Crippen LogP) is 2.67. The number of hydrogen-bond donors (Lipinski definition) is 1. The lowest BCUT2D eigenvalue weighted by atomic mass is 10.0. The molecule has 1 aromatic carbocycles. The zero-order chi connectivity index (χ0) is 16.4. The van der Waals surface area contributed by atoms with Gasteiger partial charge < -0.3 is 10.5 Å². The lowest BCUT2D eigenvalue weighted by molar-refractivity contribution is 0.0587. The topological polar surface area (TPSA) is 70.1 Å². The van der Waals surface area contributed by atoms with Crippen molar-refractivity contribution in [1.82, 2.24) is 9.55 Å². The minimum absolute atomic E-state index is 0.0163. The number of nitrogens with zero attached hydrogens (tertiary/aromatic N) is 2. The van der Waals surface area contributed by atoms with Gasteiger partial charge in [-0.15, -0.1) is 0 Å². The van der Waals surface area contributed by atoms with Crippen molar-refractivity contribution in [1.29, 1.82) is 0 Å². The Morgan fingerprint density at radius 3 is 2.45 bits per heavy atom. The molecule has 1 unspecified atom stereocenters. The molecule has 1 atom stereocenters. The SMILES string of the molecule is CCC(c1cc(F)c(F)c(F)c1)n1c(C(=O)OC)cnc1N. The number of hydrogen-bond acceptors (Lipinski definition) is 4. The van der Waals surface area contributed by atoms with E-state index in [1.165, 1.54) is 17.9 Å². The molecule has 0 saturated heterocycles. The van der Waals surface area contributed by atoms with E-state index < -0.39 is 29.5 Å². The Morgan fingerprint density at radius 1 is 1.36 bits per heavy atom. The standard InChI is InChI=1S/C14H14F3N3O2/c1-3-10(7-4-8(15)12(17)9(16)5-7)20-11(13(21)22-2)6-19-14(20)18/h4-6,10H,3H2,1-2H3,(H2,18,19). The summed E-state index contributed by atoms with van der Waals surface area (Å²) in [5.41, 5.74) is 5.91. The van der Waals surface area contributed by atoms with E-state index in [1.807, 2.05) is 0 Å². The fraction of sp³-hybridized carbons (Fsp3) is 0.286. The summed E-state index contributed by atoms with van der Waals surface area (Å²) in [6.07, 6.45) is 1.55. The molecule has 0 aliphatic carbocycles. The maximum Gasteiger partial charge on any atom is 0.356 e. The number of esters is 1. The van der Waals surface area contributed by atoms with Crippen LogP contribution in [0, 0.1) is 17.5 Å². The third kappa shape index (κ3) is 2.63. The van der Waals surface area contributed by atoms with Gasteiger partial charge in [0.25, 0.3) is 0 Å². The van der Waals surface area contributed by atoms with Gasteiger partial charge in [-0.1, -0.05) is 6.92 Å². The molecule has 2 rings (SSSR count). The minimum atomic E-state index is -1.55. The van der Waals surface area contributed by atoms with Gasteiger partial charge in [-0.05, 0) is 24.1 Å². The van der Waals surface area contributed by atoms with E-state index in [2.05, 4.69) is 9.72 Å². The number of anilines is 1. The molecular formula is C14H14F3N3O2. The van der Waals surface area contributed by atoms with Crippen molar-refractivity contribution >= 4 is 11.9 Å². The zero-order valence-corrected chi connectivity index (χ0v) is 11.9.